The van der Waals surface area contributed by atoms with Crippen molar-refractivity contribution in [3.63, 3.8) is 0 Å². The number of hydrogen-bond donors (Lipinski definition) is 1. The Morgan fingerprint density at radius 3 is 2.78 bits per heavy atom. The summed E-state index contributed by atoms with van der Waals surface area (Å²) in [6.45, 7) is 2.02. The van der Waals surface area contributed by atoms with Gasteiger partial charge in [0.15, 0.2) is 0 Å². The summed E-state index contributed by atoms with van der Waals surface area (Å²) in [5, 5.41) is 9.61. The third-order valence-corrected chi connectivity index (χ3v) is 5.41. The van der Waals surface area contributed by atoms with E-state index in [0.717, 1.165) is 41.7 Å². The number of ether oxygens (including phenoxy) is 3. The van der Waals surface area contributed by atoms with Crippen molar-refractivity contribution in [2.24, 2.45) is 0 Å². The van der Waals surface area contributed by atoms with Crippen molar-refractivity contribution in [2.75, 3.05) is 31.7 Å². The first-order chi connectivity index (χ1) is 15.7. The van der Waals surface area contributed by atoms with Gasteiger partial charge in [0.05, 0.1) is 19.3 Å². The first-order valence-electron chi connectivity index (χ1n) is 10.7. The molecule has 0 saturated carbocycles. The molecule has 0 unspecified atom stereocenters. The summed E-state index contributed by atoms with van der Waals surface area (Å²) < 4.78 is 30.4. The molecule has 1 saturated heterocycles. The van der Waals surface area contributed by atoms with E-state index in [0.29, 0.717) is 31.2 Å². The zero-order valence-corrected chi connectivity index (χ0v) is 18.0. The van der Waals surface area contributed by atoms with Gasteiger partial charge in [0.1, 0.15) is 23.4 Å². The normalized spacial score (nSPS) is 15.7. The van der Waals surface area contributed by atoms with Crippen LogP contribution in [0.25, 0.3) is 0 Å². The predicted octanol–water partition coefficient (Wildman–Crippen LogP) is 4.35. The van der Waals surface area contributed by atoms with Gasteiger partial charge in [-0.3, -0.25) is 0 Å². The number of nitrogens with zero attached hydrogens (tertiary/aromatic N) is 2. The van der Waals surface area contributed by atoms with Crippen molar-refractivity contribution in [3.8, 4) is 17.4 Å². The van der Waals surface area contributed by atoms with Crippen LogP contribution in [0.3, 0.4) is 0 Å². The molecule has 1 aromatic heterocycles. The molecule has 4 rings (SSSR count). The summed E-state index contributed by atoms with van der Waals surface area (Å²) in [6.07, 6.45) is 2.48. The van der Waals surface area contributed by atoms with Crippen LogP contribution in [-0.4, -0.2) is 43.0 Å². The number of rotatable bonds is 9. The van der Waals surface area contributed by atoms with E-state index in [1.54, 1.807) is 13.2 Å². The molecule has 168 valence electrons. The van der Waals surface area contributed by atoms with Gasteiger partial charge in [-0.05, 0) is 42.3 Å². The molecular formula is C25H27FN2O4. The van der Waals surface area contributed by atoms with Crippen LogP contribution in [0.5, 0.6) is 17.4 Å². The molecule has 32 heavy (non-hydrogen) atoms. The monoisotopic (exact) mass is 438 g/mol. The summed E-state index contributed by atoms with van der Waals surface area (Å²) in [5.41, 5.74) is 3.03. The Balaban J connectivity index is 1.48. The molecule has 6 nitrogen and oxygen atoms in total. The minimum Gasteiger partial charge on any atom is -0.472 e. The lowest BCUT2D eigenvalue weighted by atomic mass is 10.1. The highest BCUT2D eigenvalue weighted by Crippen LogP contribution is 2.33. The fourth-order valence-corrected chi connectivity index (χ4v) is 3.91. The number of aliphatic hydroxyl groups is 1. The predicted molar refractivity (Wildman–Crippen MR) is 120 cm³/mol. The van der Waals surface area contributed by atoms with Crippen molar-refractivity contribution in [3.05, 3.63) is 77.7 Å². The van der Waals surface area contributed by atoms with Crippen molar-refractivity contribution >= 4 is 5.69 Å². The average Bonchev–Trinajstić information content (AvgIpc) is 3.25. The average molecular weight is 438 g/mol. The highest BCUT2D eigenvalue weighted by Gasteiger charge is 2.26. The first kappa shape index (κ1) is 22.0. The molecule has 1 fully saturated rings. The SMILES string of the molecule is COCc1ccccc1Oc1ccc(N2CC[C@H](Oc3ccc(F)cn3)C2)c(CCO)c1. The van der Waals surface area contributed by atoms with Gasteiger partial charge in [0, 0.05) is 44.0 Å². The molecule has 0 aliphatic carbocycles. The highest BCUT2D eigenvalue weighted by atomic mass is 19.1. The number of anilines is 1. The zero-order valence-electron chi connectivity index (χ0n) is 18.0. The van der Waals surface area contributed by atoms with Crippen LogP contribution >= 0.6 is 0 Å². The summed E-state index contributed by atoms with van der Waals surface area (Å²) in [4.78, 5) is 6.22. The largest absolute Gasteiger partial charge is 0.472 e. The minimum atomic E-state index is -0.383. The molecule has 0 radical (unpaired) electrons. The maximum absolute atomic E-state index is 13.1. The van der Waals surface area contributed by atoms with Crippen molar-refractivity contribution < 1.29 is 23.7 Å². The molecule has 0 bridgehead atoms. The molecule has 2 aromatic carbocycles. The molecular weight excluding hydrogens is 411 g/mol. The Hall–Kier alpha value is -3.16. The van der Waals surface area contributed by atoms with E-state index in [9.17, 15) is 9.50 Å². The Bertz CT molecular complexity index is 1030. The number of benzene rings is 2. The van der Waals surface area contributed by atoms with Crippen LogP contribution in [0.15, 0.2) is 60.8 Å². The molecule has 0 spiro atoms. The van der Waals surface area contributed by atoms with E-state index in [2.05, 4.69) is 9.88 Å². The minimum absolute atomic E-state index is 0.0354. The second kappa shape index (κ2) is 10.4. The van der Waals surface area contributed by atoms with Gasteiger partial charge >= 0.3 is 0 Å². The smallest absolute Gasteiger partial charge is 0.213 e. The molecule has 0 amide bonds. The number of para-hydroxylation sites is 1. The van der Waals surface area contributed by atoms with Crippen LogP contribution in [0.1, 0.15) is 17.5 Å². The lowest BCUT2D eigenvalue weighted by molar-refractivity contribution is 0.182. The summed E-state index contributed by atoms with van der Waals surface area (Å²) in [6, 6.07) is 16.6. The highest BCUT2D eigenvalue weighted by molar-refractivity contribution is 5.58. The molecule has 1 N–H and O–H groups in total. The Morgan fingerprint density at radius 2 is 2.00 bits per heavy atom. The third kappa shape index (κ3) is 5.36. The van der Waals surface area contributed by atoms with Crippen LogP contribution in [0.4, 0.5) is 10.1 Å². The fourth-order valence-electron chi connectivity index (χ4n) is 3.91. The Morgan fingerprint density at radius 1 is 1.12 bits per heavy atom. The maximum atomic E-state index is 13.1. The Labute approximate surface area is 187 Å². The summed E-state index contributed by atoms with van der Waals surface area (Å²) in [5.74, 6) is 1.50. The van der Waals surface area contributed by atoms with Crippen LogP contribution in [-0.2, 0) is 17.8 Å². The number of aromatic nitrogens is 1. The van der Waals surface area contributed by atoms with Gasteiger partial charge < -0.3 is 24.2 Å². The van der Waals surface area contributed by atoms with Gasteiger partial charge in [0.2, 0.25) is 5.88 Å². The van der Waals surface area contributed by atoms with Crippen molar-refractivity contribution in [2.45, 2.75) is 25.6 Å². The summed E-state index contributed by atoms with van der Waals surface area (Å²) in [7, 11) is 1.66. The topological polar surface area (TPSA) is 64.1 Å². The lowest BCUT2D eigenvalue weighted by Gasteiger charge is -2.23. The van der Waals surface area contributed by atoms with Crippen LogP contribution in [0.2, 0.25) is 0 Å². The van der Waals surface area contributed by atoms with E-state index in [1.807, 2.05) is 42.5 Å². The number of aliphatic hydroxyl groups excluding tert-OH is 1. The molecule has 7 heteroatoms. The van der Waals surface area contributed by atoms with Gasteiger partial charge in [-0.15, -0.1) is 0 Å². The van der Waals surface area contributed by atoms with E-state index in [4.69, 9.17) is 14.2 Å². The van der Waals surface area contributed by atoms with E-state index >= 15 is 0 Å². The maximum Gasteiger partial charge on any atom is 0.213 e. The van der Waals surface area contributed by atoms with Crippen LogP contribution < -0.4 is 14.4 Å². The molecule has 2 heterocycles. The Kier molecular flexibility index (Phi) is 7.19. The quantitative estimate of drug-likeness (QED) is 0.536. The third-order valence-electron chi connectivity index (χ3n) is 5.41. The van der Waals surface area contributed by atoms with Crippen LogP contribution in [0, 0.1) is 5.82 Å². The van der Waals surface area contributed by atoms with E-state index < -0.39 is 0 Å². The zero-order chi connectivity index (χ0) is 22.3. The van der Waals surface area contributed by atoms with Crippen molar-refractivity contribution in [1.29, 1.82) is 0 Å². The van der Waals surface area contributed by atoms with E-state index in [-0.39, 0.29) is 18.5 Å². The fraction of sp³-hybridized carbons (Fsp3) is 0.320. The van der Waals surface area contributed by atoms with Gasteiger partial charge in [-0.1, -0.05) is 18.2 Å². The summed E-state index contributed by atoms with van der Waals surface area (Å²) >= 11 is 0. The first-order valence-corrected chi connectivity index (χ1v) is 10.7. The second-order valence-electron chi connectivity index (χ2n) is 7.70. The number of methoxy groups -OCH3 is 1. The van der Waals surface area contributed by atoms with Gasteiger partial charge in [0.25, 0.3) is 0 Å². The molecule has 1 atom stereocenters. The molecule has 1 aliphatic rings. The van der Waals surface area contributed by atoms with E-state index in [1.165, 1.54) is 6.07 Å². The lowest BCUT2D eigenvalue weighted by Crippen LogP contribution is -2.25. The van der Waals surface area contributed by atoms with Gasteiger partial charge in [-0.25, -0.2) is 9.37 Å². The molecule has 3 aromatic rings. The van der Waals surface area contributed by atoms with Crippen molar-refractivity contribution in [1.82, 2.24) is 4.98 Å². The number of halogens is 1. The second-order valence-corrected chi connectivity index (χ2v) is 7.70. The van der Waals surface area contributed by atoms with Gasteiger partial charge in [-0.2, -0.15) is 0 Å². The number of pyridine rings is 1. The molecule has 1 aliphatic heterocycles. The standard InChI is InChI=1S/C25H27FN2O4/c1-30-17-19-4-2-3-5-24(19)31-21-7-8-23(18(14-21)11-13-29)28-12-10-22(16-28)32-25-9-6-20(26)15-27-25/h2-9,14-15,22,29H,10-13,16-17H2,1H3/t22-/m0/s1. The number of hydrogen-bond acceptors (Lipinski definition) is 6.